The number of carbonyl (C=O) groups is 1. The van der Waals surface area contributed by atoms with Gasteiger partial charge in [0.2, 0.25) is 5.91 Å². The summed E-state index contributed by atoms with van der Waals surface area (Å²) in [5.74, 6) is 1.03. The van der Waals surface area contributed by atoms with Gasteiger partial charge in [-0.25, -0.2) is 4.68 Å². The second kappa shape index (κ2) is 7.93. The van der Waals surface area contributed by atoms with Crippen LogP contribution in [0.5, 0.6) is 11.5 Å². The Bertz CT molecular complexity index is 1230. The second-order valence-electron chi connectivity index (χ2n) is 6.56. The SMILES string of the molecule is Cc1cccc(Oc2ccc(NC(=O)Cn3nnc4ccccc4c3=O)cc2)c1. The van der Waals surface area contributed by atoms with Crippen molar-refractivity contribution in [2.24, 2.45) is 0 Å². The minimum absolute atomic E-state index is 0.224. The first-order valence-electron chi connectivity index (χ1n) is 9.05. The van der Waals surface area contributed by atoms with E-state index in [0.717, 1.165) is 16.0 Å². The summed E-state index contributed by atoms with van der Waals surface area (Å²) in [6.45, 7) is 1.77. The van der Waals surface area contributed by atoms with Crippen LogP contribution in [0.4, 0.5) is 5.69 Å². The topological polar surface area (TPSA) is 86.1 Å². The molecule has 1 aromatic heterocycles. The zero-order chi connectivity index (χ0) is 20.2. The fourth-order valence-electron chi connectivity index (χ4n) is 2.88. The molecule has 7 nitrogen and oxygen atoms in total. The molecule has 0 aliphatic heterocycles. The Morgan fingerprint density at radius 1 is 1.00 bits per heavy atom. The van der Waals surface area contributed by atoms with Crippen molar-refractivity contribution in [2.75, 3.05) is 5.32 Å². The van der Waals surface area contributed by atoms with E-state index in [1.165, 1.54) is 0 Å². The maximum atomic E-state index is 12.4. The molecule has 0 atom stereocenters. The number of hydrogen-bond acceptors (Lipinski definition) is 5. The van der Waals surface area contributed by atoms with Gasteiger partial charge in [-0.3, -0.25) is 9.59 Å². The molecule has 0 fully saturated rings. The van der Waals surface area contributed by atoms with Gasteiger partial charge in [-0.15, -0.1) is 5.10 Å². The van der Waals surface area contributed by atoms with E-state index in [1.807, 2.05) is 31.2 Å². The zero-order valence-electron chi connectivity index (χ0n) is 15.7. The molecule has 144 valence electrons. The van der Waals surface area contributed by atoms with Gasteiger partial charge in [-0.05, 0) is 61.0 Å². The van der Waals surface area contributed by atoms with E-state index in [1.54, 1.807) is 48.5 Å². The quantitative estimate of drug-likeness (QED) is 0.567. The van der Waals surface area contributed by atoms with E-state index < -0.39 is 0 Å². The molecule has 1 N–H and O–H groups in total. The molecule has 0 saturated heterocycles. The summed E-state index contributed by atoms with van der Waals surface area (Å²) in [6, 6.07) is 21.6. The molecule has 4 aromatic rings. The standard InChI is InChI=1S/C22H18N4O3/c1-15-5-4-6-18(13-15)29-17-11-9-16(10-12-17)23-21(27)14-26-22(28)19-7-2-3-8-20(19)24-25-26/h2-13H,14H2,1H3,(H,23,27). The minimum atomic E-state index is -0.371. The normalized spacial score (nSPS) is 10.7. The van der Waals surface area contributed by atoms with Crippen LogP contribution in [0, 0.1) is 6.92 Å². The Morgan fingerprint density at radius 3 is 2.59 bits per heavy atom. The van der Waals surface area contributed by atoms with Crippen LogP contribution in [0.2, 0.25) is 0 Å². The van der Waals surface area contributed by atoms with Crippen LogP contribution in [-0.2, 0) is 11.3 Å². The molecule has 7 heteroatoms. The number of benzene rings is 3. The van der Waals surface area contributed by atoms with Crippen LogP contribution in [-0.4, -0.2) is 20.9 Å². The highest BCUT2D eigenvalue weighted by Gasteiger charge is 2.10. The number of amides is 1. The summed E-state index contributed by atoms with van der Waals surface area (Å²) in [7, 11) is 0. The number of aromatic nitrogens is 3. The Kier molecular flexibility index (Phi) is 5.03. The van der Waals surface area contributed by atoms with E-state index in [9.17, 15) is 9.59 Å². The smallest absolute Gasteiger partial charge is 0.278 e. The summed E-state index contributed by atoms with van der Waals surface area (Å²) in [4.78, 5) is 24.7. The average molecular weight is 386 g/mol. The number of rotatable bonds is 5. The van der Waals surface area contributed by atoms with Crippen molar-refractivity contribution in [2.45, 2.75) is 13.5 Å². The largest absolute Gasteiger partial charge is 0.457 e. The number of anilines is 1. The summed E-state index contributed by atoms with van der Waals surface area (Å²) >= 11 is 0. The molecule has 0 bridgehead atoms. The van der Waals surface area contributed by atoms with Crippen LogP contribution in [0.3, 0.4) is 0 Å². The molecule has 0 aliphatic rings. The summed E-state index contributed by atoms with van der Waals surface area (Å²) < 4.78 is 6.84. The number of aryl methyl sites for hydroxylation is 1. The third-order valence-electron chi connectivity index (χ3n) is 4.29. The van der Waals surface area contributed by atoms with E-state index in [-0.39, 0.29) is 18.0 Å². The van der Waals surface area contributed by atoms with Gasteiger partial charge in [0, 0.05) is 5.69 Å². The molecule has 3 aromatic carbocycles. The number of ether oxygens (including phenoxy) is 1. The Labute approximate surface area is 166 Å². The van der Waals surface area contributed by atoms with Crippen molar-refractivity contribution in [1.82, 2.24) is 15.0 Å². The van der Waals surface area contributed by atoms with Crippen molar-refractivity contribution < 1.29 is 9.53 Å². The van der Waals surface area contributed by atoms with Crippen molar-refractivity contribution in [1.29, 1.82) is 0 Å². The van der Waals surface area contributed by atoms with Crippen LogP contribution in [0.25, 0.3) is 10.9 Å². The molecule has 0 radical (unpaired) electrons. The predicted molar refractivity (Wildman–Crippen MR) is 110 cm³/mol. The molecule has 29 heavy (non-hydrogen) atoms. The molecule has 0 unspecified atom stereocenters. The molecule has 1 heterocycles. The third-order valence-corrected chi connectivity index (χ3v) is 4.29. The van der Waals surface area contributed by atoms with Gasteiger partial charge in [0.05, 0.1) is 5.39 Å². The summed E-state index contributed by atoms with van der Waals surface area (Å²) in [5.41, 5.74) is 1.85. The first-order valence-corrected chi connectivity index (χ1v) is 9.05. The maximum Gasteiger partial charge on any atom is 0.278 e. The van der Waals surface area contributed by atoms with Crippen molar-refractivity contribution in [3.8, 4) is 11.5 Å². The Morgan fingerprint density at radius 2 is 1.79 bits per heavy atom. The van der Waals surface area contributed by atoms with Crippen LogP contribution >= 0.6 is 0 Å². The monoisotopic (exact) mass is 386 g/mol. The highest BCUT2D eigenvalue weighted by Crippen LogP contribution is 2.23. The molecular weight excluding hydrogens is 368 g/mol. The average Bonchev–Trinajstić information content (AvgIpc) is 2.72. The van der Waals surface area contributed by atoms with Gasteiger partial charge in [0.1, 0.15) is 23.6 Å². The number of carbonyl (C=O) groups excluding carboxylic acids is 1. The highest BCUT2D eigenvalue weighted by atomic mass is 16.5. The molecular formula is C22H18N4O3. The van der Waals surface area contributed by atoms with Crippen LogP contribution < -0.4 is 15.6 Å². The van der Waals surface area contributed by atoms with Crippen molar-refractivity contribution >= 4 is 22.5 Å². The first-order chi connectivity index (χ1) is 14.1. The van der Waals surface area contributed by atoms with Gasteiger partial charge in [0.15, 0.2) is 0 Å². The summed E-state index contributed by atoms with van der Waals surface area (Å²) in [5, 5.41) is 11.0. The molecule has 0 spiro atoms. The molecule has 0 saturated carbocycles. The van der Waals surface area contributed by atoms with Gasteiger partial charge in [0.25, 0.3) is 5.56 Å². The minimum Gasteiger partial charge on any atom is -0.457 e. The molecule has 0 aliphatic carbocycles. The fraction of sp³-hybridized carbons (Fsp3) is 0.0909. The summed E-state index contributed by atoms with van der Waals surface area (Å²) in [6.07, 6.45) is 0. The fourth-order valence-corrected chi connectivity index (χ4v) is 2.88. The lowest BCUT2D eigenvalue weighted by atomic mass is 10.2. The van der Waals surface area contributed by atoms with E-state index >= 15 is 0 Å². The lowest BCUT2D eigenvalue weighted by molar-refractivity contribution is -0.117. The maximum absolute atomic E-state index is 12.4. The number of hydrogen-bond donors (Lipinski definition) is 1. The van der Waals surface area contributed by atoms with Gasteiger partial charge < -0.3 is 10.1 Å². The van der Waals surface area contributed by atoms with Crippen molar-refractivity contribution in [3.05, 3.63) is 88.7 Å². The second-order valence-corrected chi connectivity index (χ2v) is 6.56. The van der Waals surface area contributed by atoms with Crippen LogP contribution in [0.15, 0.2) is 77.6 Å². The van der Waals surface area contributed by atoms with Gasteiger partial charge in [-0.2, -0.15) is 0 Å². The van der Waals surface area contributed by atoms with Gasteiger partial charge in [-0.1, -0.05) is 29.5 Å². The van der Waals surface area contributed by atoms with E-state index in [2.05, 4.69) is 15.6 Å². The molecule has 1 amide bonds. The lowest BCUT2D eigenvalue weighted by Crippen LogP contribution is -2.30. The number of fused-ring (bicyclic) bond motifs is 1. The van der Waals surface area contributed by atoms with E-state index in [4.69, 9.17) is 4.74 Å². The van der Waals surface area contributed by atoms with Crippen LogP contribution in [0.1, 0.15) is 5.56 Å². The number of nitrogens with zero attached hydrogens (tertiary/aromatic N) is 3. The highest BCUT2D eigenvalue weighted by molar-refractivity contribution is 5.90. The zero-order valence-corrected chi connectivity index (χ0v) is 15.7. The lowest BCUT2D eigenvalue weighted by Gasteiger charge is -2.09. The molecule has 4 rings (SSSR count). The van der Waals surface area contributed by atoms with Gasteiger partial charge >= 0.3 is 0 Å². The van der Waals surface area contributed by atoms with E-state index in [0.29, 0.717) is 22.3 Å². The number of nitrogens with one attached hydrogen (secondary N) is 1. The first kappa shape index (κ1) is 18.4. The predicted octanol–water partition coefficient (Wildman–Crippen LogP) is 3.53. The van der Waals surface area contributed by atoms with Crippen molar-refractivity contribution in [3.63, 3.8) is 0 Å². The third kappa shape index (κ3) is 4.30. The Balaban J connectivity index is 1.42. The Hall–Kier alpha value is -4.00.